The third-order valence-corrected chi connectivity index (χ3v) is 4.18. The second kappa shape index (κ2) is 6.19. The molecule has 104 valence electrons. The zero-order valence-electron chi connectivity index (χ0n) is 11.6. The molecule has 2 aromatic carbocycles. The van der Waals surface area contributed by atoms with Gasteiger partial charge in [-0.25, -0.2) is 4.39 Å². The number of piperidine rings is 1. The minimum absolute atomic E-state index is 0.156. The molecule has 20 heavy (non-hydrogen) atoms. The van der Waals surface area contributed by atoms with Crippen LogP contribution in [-0.2, 0) is 6.54 Å². The van der Waals surface area contributed by atoms with Gasteiger partial charge in [0.1, 0.15) is 5.82 Å². The Bertz CT molecular complexity index is 527. The number of benzene rings is 2. The first-order chi connectivity index (χ1) is 9.81. The molecule has 0 radical (unpaired) electrons. The maximum atomic E-state index is 12.9. The summed E-state index contributed by atoms with van der Waals surface area (Å²) >= 11 is 0. The Morgan fingerprint density at radius 1 is 0.900 bits per heavy atom. The number of rotatable bonds is 3. The van der Waals surface area contributed by atoms with Gasteiger partial charge in [0.05, 0.1) is 0 Å². The quantitative estimate of drug-likeness (QED) is 0.806. The normalized spacial score (nSPS) is 17.2. The van der Waals surface area contributed by atoms with Gasteiger partial charge < -0.3 is 0 Å². The van der Waals surface area contributed by atoms with E-state index in [1.165, 1.54) is 24.0 Å². The van der Waals surface area contributed by atoms with E-state index < -0.39 is 0 Å². The van der Waals surface area contributed by atoms with Gasteiger partial charge in [0, 0.05) is 6.54 Å². The van der Waals surface area contributed by atoms with Crippen LogP contribution >= 0.6 is 0 Å². The molecule has 1 fully saturated rings. The number of hydrogen-bond acceptors (Lipinski definition) is 1. The Hall–Kier alpha value is -1.67. The minimum Gasteiger partial charge on any atom is -0.299 e. The Morgan fingerprint density at radius 3 is 2.20 bits per heavy atom. The molecular formula is C18H20FN. The lowest BCUT2D eigenvalue weighted by Crippen LogP contribution is -2.32. The number of halogens is 1. The van der Waals surface area contributed by atoms with Gasteiger partial charge in [-0.1, -0.05) is 42.5 Å². The summed E-state index contributed by atoms with van der Waals surface area (Å²) in [6, 6.07) is 17.7. The summed E-state index contributed by atoms with van der Waals surface area (Å²) < 4.78 is 12.9. The predicted octanol–water partition coefficient (Wildman–Crippen LogP) is 4.21. The van der Waals surface area contributed by atoms with E-state index in [2.05, 4.69) is 35.2 Å². The van der Waals surface area contributed by atoms with Gasteiger partial charge in [-0.3, -0.25) is 4.90 Å². The van der Waals surface area contributed by atoms with Crippen LogP contribution in [0.15, 0.2) is 54.6 Å². The summed E-state index contributed by atoms with van der Waals surface area (Å²) in [6.45, 7) is 3.18. The Morgan fingerprint density at radius 2 is 1.55 bits per heavy atom. The van der Waals surface area contributed by atoms with Crippen molar-refractivity contribution < 1.29 is 4.39 Å². The largest absolute Gasteiger partial charge is 0.299 e. The van der Waals surface area contributed by atoms with Crippen molar-refractivity contribution in [3.63, 3.8) is 0 Å². The zero-order valence-corrected chi connectivity index (χ0v) is 11.6. The smallest absolute Gasteiger partial charge is 0.123 e. The standard InChI is InChI=1S/C18H20FN/c19-18-8-6-15(7-9-18)14-20-12-10-17(11-13-20)16-4-2-1-3-5-16/h1-9,17H,10-14H2/i19-1. The van der Waals surface area contributed by atoms with Crippen molar-refractivity contribution in [3.8, 4) is 0 Å². The molecule has 1 heterocycles. The van der Waals surface area contributed by atoms with Gasteiger partial charge in [0.15, 0.2) is 0 Å². The number of nitrogens with zero attached hydrogens (tertiary/aromatic N) is 1. The van der Waals surface area contributed by atoms with E-state index in [1.54, 1.807) is 12.1 Å². The van der Waals surface area contributed by atoms with E-state index in [4.69, 9.17) is 0 Å². The first-order valence-electron chi connectivity index (χ1n) is 7.33. The molecule has 3 rings (SSSR count). The summed E-state index contributed by atoms with van der Waals surface area (Å²) in [5.41, 5.74) is 2.67. The molecule has 1 aliphatic rings. The lowest BCUT2D eigenvalue weighted by molar-refractivity contribution is 0.204. The minimum atomic E-state index is -0.156. The average Bonchev–Trinajstić information content (AvgIpc) is 2.51. The van der Waals surface area contributed by atoms with Crippen LogP contribution in [0.4, 0.5) is 4.39 Å². The highest BCUT2D eigenvalue weighted by Crippen LogP contribution is 2.28. The van der Waals surface area contributed by atoms with Crippen molar-refractivity contribution in [2.75, 3.05) is 13.1 Å². The Labute approximate surface area is 120 Å². The molecule has 1 saturated heterocycles. The first kappa shape index (κ1) is 13.3. The predicted molar refractivity (Wildman–Crippen MR) is 80.1 cm³/mol. The van der Waals surface area contributed by atoms with Crippen molar-refractivity contribution >= 4 is 0 Å². The molecule has 0 aromatic heterocycles. The van der Waals surface area contributed by atoms with E-state index in [9.17, 15) is 4.39 Å². The molecule has 0 saturated carbocycles. The van der Waals surface area contributed by atoms with Crippen LogP contribution in [0.5, 0.6) is 0 Å². The summed E-state index contributed by atoms with van der Waals surface area (Å²) in [4.78, 5) is 2.46. The van der Waals surface area contributed by atoms with Gasteiger partial charge in [-0.2, -0.15) is 0 Å². The highest BCUT2D eigenvalue weighted by molar-refractivity contribution is 5.20. The summed E-state index contributed by atoms with van der Waals surface area (Å²) in [5, 5.41) is 0. The highest BCUT2D eigenvalue weighted by Gasteiger charge is 2.20. The van der Waals surface area contributed by atoms with Crippen LogP contribution in [-0.4, -0.2) is 18.0 Å². The molecule has 1 aliphatic heterocycles. The third-order valence-electron chi connectivity index (χ3n) is 4.18. The van der Waals surface area contributed by atoms with E-state index in [1.807, 2.05) is 12.1 Å². The van der Waals surface area contributed by atoms with Crippen molar-refractivity contribution in [2.45, 2.75) is 25.3 Å². The van der Waals surface area contributed by atoms with E-state index in [-0.39, 0.29) is 5.82 Å². The summed E-state index contributed by atoms with van der Waals surface area (Å²) in [5.74, 6) is 0.539. The van der Waals surface area contributed by atoms with Gasteiger partial charge in [0.25, 0.3) is 0 Å². The second-order valence-corrected chi connectivity index (χ2v) is 5.59. The highest BCUT2D eigenvalue weighted by atomic mass is 18.2. The topological polar surface area (TPSA) is 3.24 Å². The fourth-order valence-corrected chi connectivity index (χ4v) is 3.00. The van der Waals surface area contributed by atoms with Crippen molar-refractivity contribution in [1.82, 2.24) is 4.90 Å². The first-order valence-corrected chi connectivity index (χ1v) is 7.33. The van der Waals surface area contributed by atoms with Gasteiger partial charge >= 0.3 is 0 Å². The molecule has 0 amide bonds. The molecule has 2 heteroatoms. The van der Waals surface area contributed by atoms with Crippen molar-refractivity contribution in [1.29, 1.82) is 0 Å². The van der Waals surface area contributed by atoms with Crippen molar-refractivity contribution in [2.24, 2.45) is 0 Å². The molecule has 0 N–H and O–H groups in total. The fourth-order valence-electron chi connectivity index (χ4n) is 3.00. The van der Waals surface area contributed by atoms with E-state index >= 15 is 0 Å². The zero-order chi connectivity index (χ0) is 13.8. The summed E-state index contributed by atoms with van der Waals surface area (Å²) in [6.07, 6.45) is 2.43. The fraction of sp³-hybridized carbons (Fsp3) is 0.333. The van der Waals surface area contributed by atoms with Crippen LogP contribution in [0.25, 0.3) is 0 Å². The maximum Gasteiger partial charge on any atom is 0.123 e. The number of hydrogen-bond donors (Lipinski definition) is 0. The van der Waals surface area contributed by atoms with E-state index in [0.717, 1.165) is 19.6 Å². The molecule has 2 aromatic rings. The van der Waals surface area contributed by atoms with Gasteiger partial charge in [-0.05, 0) is 55.1 Å². The molecule has 0 bridgehead atoms. The van der Waals surface area contributed by atoms with Crippen molar-refractivity contribution in [3.05, 3.63) is 71.5 Å². The Balaban J connectivity index is 1.55. The van der Waals surface area contributed by atoms with Crippen LogP contribution in [0.2, 0.25) is 0 Å². The van der Waals surface area contributed by atoms with Gasteiger partial charge in [-0.15, -0.1) is 0 Å². The second-order valence-electron chi connectivity index (χ2n) is 5.59. The third kappa shape index (κ3) is 3.26. The molecule has 0 spiro atoms. The number of likely N-dealkylation sites (tertiary alicyclic amines) is 1. The van der Waals surface area contributed by atoms with Crippen LogP contribution in [0.3, 0.4) is 0 Å². The Kier molecular flexibility index (Phi) is 4.12. The molecule has 0 atom stereocenters. The molecule has 0 unspecified atom stereocenters. The van der Waals surface area contributed by atoms with E-state index in [0.29, 0.717) is 5.92 Å². The lowest BCUT2D eigenvalue weighted by Gasteiger charge is -2.32. The maximum absolute atomic E-state index is 12.9. The monoisotopic (exact) mass is 268 g/mol. The van der Waals surface area contributed by atoms with Crippen LogP contribution < -0.4 is 0 Å². The molecule has 1 nitrogen and oxygen atoms in total. The molecular weight excluding hydrogens is 248 g/mol. The average molecular weight is 268 g/mol. The lowest BCUT2D eigenvalue weighted by atomic mass is 9.89. The van der Waals surface area contributed by atoms with Gasteiger partial charge in [0.2, 0.25) is 0 Å². The summed E-state index contributed by atoms with van der Waals surface area (Å²) in [7, 11) is 0. The SMILES string of the molecule is [18F]c1ccc(CN2CCC(c3ccccc3)CC2)cc1. The van der Waals surface area contributed by atoms with Crippen LogP contribution in [0, 0.1) is 5.82 Å². The van der Waals surface area contributed by atoms with Crippen LogP contribution in [0.1, 0.15) is 29.9 Å². The molecule has 0 aliphatic carbocycles.